The van der Waals surface area contributed by atoms with Crippen LogP contribution < -0.4 is 5.32 Å². The van der Waals surface area contributed by atoms with E-state index in [0.717, 1.165) is 12.2 Å². The first-order valence-electron chi connectivity index (χ1n) is 7.70. The van der Waals surface area contributed by atoms with Crippen molar-refractivity contribution in [2.45, 2.75) is 62.4 Å². The molecule has 2 N–H and O–H groups in total. The summed E-state index contributed by atoms with van der Waals surface area (Å²) in [6, 6.07) is 9.23. The van der Waals surface area contributed by atoms with Gasteiger partial charge in [0, 0.05) is 16.5 Å². The van der Waals surface area contributed by atoms with E-state index in [0.29, 0.717) is 6.04 Å². The molecule has 1 atom stereocenters. The second kappa shape index (κ2) is 7.48. The highest BCUT2D eigenvalue weighted by Gasteiger charge is 2.31. The van der Waals surface area contributed by atoms with Crippen LogP contribution in [0.2, 0.25) is 0 Å². The van der Waals surface area contributed by atoms with E-state index in [-0.39, 0.29) is 12.1 Å². The fraction of sp³-hybridized carbons (Fsp3) is 0.647. The van der Waals surface area contributed by atoms with Crippen molar-refractivity contribution in [3.8, 4) is 0 Å². The number of hydrogen-bond acceptors (Lipinski definition) is 3. The van der Waals surface area contributed by atoms with Gasteiger partial charge in [-0.1, -0.05) is 24.6 Å². The Morgan fingerprint density at radius 1 is 1.30 bits per heavy atom. The quantitative estimate of drug-likeness (QED) is 0.537. The van der Waals surface area contributed by atoms with Crippen molar-refractivity contribution in [2.24, 2.45) is 0 Å². The van der Waals surface area contributed by atoms with Crippen LogP contribution in [0.4, 0.5) is 0 Å². The summed E-state index contributed by atoms with van der Waals surface area (Å²) in [6.07, 6.45) is 6.00. The Kier molecular flexibility index (Phi) is 5.94. The minimum atomic E-state index is -0.0749. The summed E-state index contributed by atoms with van der Waals surface area (Å²) >= 11 is 1.95. The van der Waals surface area contributed by atoms with E-state index in [4.69, 9.17) is 0 Å². The highest BCUT2D eigenvalue weighted by molar-refractivity contribution is 7.99. The number of hydrogen-bond donors (Lipinski definition) is 2. The van der Waals surface area contributed by atoms with Crippen LogP contribution in [0.15, 0.2) is 29.2 Å². The lowest BCUT2D eigenvalue weighted by Crippen LogP contribution is -2.46. The molecule has 0 aliphatic heterocycles. The van der Waals surface area contributed by atoms with E-state index in [1.807, 2.05) is 11.8 Å². The summed E-state index contributed by atoms with van der Waals surface area (Å²) in [7, 11) is 0. The van der Waals surface area contributed by atoms with Crippen molar-refractivity contribution < 1.29 is 5.11 Å². The maximum Gasteiger partial charge on any atom is 0.0610 e. The van der Waals surface area contributed by atoms with Crippen LogP contribution in [-0.4, -0.2) is 29.0 Å². The third-order valence-corrected chi connectivity index (χ3v) is 5.21. The average molecular weight is 293 g/mol. The molecular weight excluding hydrogens is 266 g/mol. The molecule has 1 aromatic carbocycles. The smallest absolute Gasteiger partial charge is 0.0610 e. The van der Waals surface area contributed by atoms with Crippen LogP contribution in [0, 0.1) is 6.92 Å². The number of aliphatic hydroxyl groups is 1. The van der Waals surface area contributed by atoms with Gasteiger partial charge in [0.15, 0.2) is 0 Å². The van der Waals surface area contributed by atoms with Gasteiger partial charge in [-0.25, -0.2) is 0 Å². The van der Waals surface area contributed by atoms with E-state index in [2.05, 4.69) is 43.4 Å². The lowest BCUT2D eigenvalue weighted by atomic mass is 9.96. The molecule has 0 radical (unpaired) electrons. The molecule has 20 heavy (non-hydrogen) atoms. The molecule has 3 heteroatoms. The maximum absolute atomic E-state index is 9.57. The Morgan fingerprint density at radius 3 is 2.70 bits per heavy atom. The molecule has 112 valence electrons. The predicted octanol–water partition coefficient (Wildman–Crippen LogP) is 3.76. The fourth-order valence-corrected chi connectivity index (χ4v) is 3.47. The minimum absolute atomic E-state index is 0.0749. The first-order chi connectivity index (χ1) is 9.63. The van der Waals surface area contributed by atoms with Crippen LogP contribution >= 0.6 is 11.8 Å². The van der Waals surface area contributed by atoms with Crippen LogP contribution in [-0.2, 0) is 0 Å². The zero-order valence-electron chi connectivity index (χ0n) is 12.7. The molecule has 2 nitrogen and oxygen atoms in total. The molecule has 1 unspecified atom stereocenters. The summed E-state index contributed by atoms with van der Waals surface area (Å²) in [5.41, 5.74) is 1.29. The summed E-state index contributed by atoms with van der Waals surface area (Å²) < 4.78 is 0. The van der Waals surface area contributed by atoms with Crippen molar-refractivity contribution >= 4 is 11.8 Å². The first-order valence-corrected chi connectivity index (χ1v) is 8.68. The van der Waals surface area contributed by atoms with Gasteiger partial charge in [-0.2, -0.15) is 0 Å². The number of aliphatic hydroxyl groups excluding tert-OH is 1. The van der Waals surface area contributed by atoms with E-state index in [9.17, 15) is 5.11 Å². The van der Waals surface area contributed by atoms with Crippen LogP contribution in [0.1, 0.15) is 44.6 Å². The minimum Gasteiger partial charge on any atom is -0.394 e. The Bertz CT molecular complexity index is 419. The van der Waals surface area contributed by atoms with Crippen molar-refractivity contribution in [1.82, 2.24) is 5.32 Å². The van der Waals surface area contributed by atoms with Crippen LogP contribution in [0.25, 0.3) is 0 Å². The highest BCUT2D eigenvalue weighted by atomic mass is 32.2. The van der Waals surface area contributed by atoms with Gasteiger partial charge in [0.05, 0.1) is 6.61 Å². The van der Waals surface area contributed by atoms with Crippen molar-refractivity contribution in [1.29, 1.82) is 0 Å². The Labute approximate surface area is 127 Å². The van der Waals surface area contributed by atoms with Gasteiger partial charge < -0.3 is 10.4 Å². The second-order valence-electron chi connectivity index (χ2n) is 6.21. The van der Waals surface area contributed by atoms with Gasteiger partial charge in [0.1, 0.15) is 0 Å². The van der Waals surface area contributed by atoms with E-state index in [1.165, 1.54) is 36.1 Å². The zero-order valence-corrected chi connectivity index (χ0v) is 13.5. The molecule has 0 saturated heterocycles. The summed E-state index contributed by atoms with van der Waals surface area (Å²) in [6.45, 7) is 4.57. The lowest BCUT2D eigenvalue weighted by Gasteiger charge is -2.29. The van der Waals surface area contributed by atoms with Gasteiger partial charge in [0.2, 0.25) is 0 Å². The van der Waals surface area contributed by atoms with Gasteiger partial charge in [0.25, 0.3) is 0 Å². The topological polar surface area (TPSA) is 32.3 Å². The number of rotatable bonds is 9. The third kappa shape index (κ3) is 5.12. The van der Waals surface area contributed by atoms with E-state index < -0.39 is 0 Å². The summed E-state index contributed by atoms with van der Waals surface area (Å²) in [5, 5.41) is 13.1. The fourth-order valence-electron chi connectivity index (χ4n) is 2.44. The SMILES string of the molecule is Cc1ccccc1SCCCCC(C)(CO)NC1CC1. The molecule has 0 aromatic heterocycles. The zero-order chi connectivity index (χ0) is 14.4. The van der Waals surface area contributed by atoms with Gasteiger partial charge >= 0.3 is 0 Å². The molecule has 1 aromatic rings. The van der Waals surface area contributed by atoms with E-state index in [1.54, 1.807) is 0 Å². The molecule has 1 aliphatic carbocycles. The van der Waals surface area contributed by atoms with Gasteiger partial charge in [-0.15, -0.1) is 11.8 Å². The molecule has 0 heterocycles. The lowest BCUT2D eigenvalue weighted by molar-refractivity contribution is 0.161. The van der Waals surface area contributed by atoms with E-state index >= 15 is 0 Å². The molecule has 1 aliphatic rings. The maximum atomic E-state index is 9.57. The average Bonchev–Trinajstić information content (AvgIpc) is 3.24. The molecule has 1 fully saturated rings. The molecule has 2 rings (SSSR count). The normalized spacial score (nSPS) is 17.9. The standard InChI is InChI=1S/C17H27NOS/c1-14-7-3-4-8-16(14)20-12-6-5-11-17(2,13-19)18-15-9-10-15/h3-4,7-8,15,18-19H,5-6,9-13H2,1-2H3. The largest absolute Gasteiger partial charge is 0.394 e. The highest BCUT2D eigenvalue weighted by Crippen LogP contribution is 2.26. The third-order valence-electron chi connectivity index (χ3n) is 3.95. The number of unbranched alkanes of at least 4 members (excludes halogenated alkanes) is 1. The Morgan fingerprint density at radius 2 is 2.05 bits per heavy atom. The number of aryl methyl sites for hydroxylation is 1. The molecule has 0 amide bonds. The summed E-state index contributed by atoms with van der Waals surface area (Å²) in [5.74, 6) is 1.16. The molecule has 0 bridgehead atoms. The molecule has 1 saturated carbocycles. The Balaban J connectivity index is 1.64. The number of nitrogens with one attached hydrogen (secondary N) is 1. The predicted molar refractivity (Wildman–Crippen MR) is 87.4 cm³/mol. The van der Waals surface area contributed by atoms with Gasteiger partial charge in [-0.3, -0.25) is 0 Å². The summed E-state index contributed by atoms with van der Waals surface area (Å²) in [4.78, 5) is 1.40. The first kappa shape index (κ1) is 15.9. The van der Waals surface area contributed by atoms with Crippen LogP contribution in [0.5, 0.6) is 0 Å². The molecule has 0 spiro atoms. The molecular formula is C17H27NOS. The van der Waals surface area contributed by atoms with Crippen LogP contribution in [0.3, 0.4) is 0 Å². The van der Waals surface area contributed by atoms with Crippen molar-refractivity contribution in [3.05, 3.63) is 29.8 Å². The second-order valence-corrected chi connectivity index (χ2v) is 7.35. The number of benzene rings is 1. The van der Waals surface area contributed by atoms with Gasteiger partial charge in [-0.05, 0) is 56.9 Å². The Hall–Kier alpha value is -0.510. The van der Waals surface area contributed by atoms with Crippen molar-refractivity contribution in [2.75, 3.05) is 12.4 Å². The van der Waals surface area contributed by atoms with Crippen molar-refractivity contribution in [3.63, 3.8) is 0 Å². The number of thioether (sulfide) groups is 1. The monoisotopic (exact) mass is 293 g/mol.